The summed E-state index contributed by atoms with van der Waals surface area (Å²) in [7, 11) is 0. The Hall–Kier alpha value is -0.980. The maximum atomic E-state index is 5.76. The highest BCUT2D eigenvalue weighted by molar-refractivity contribution is 4.94. The molecule has 1 aromatic rings. The number of hydrogen-bond acceptors (Lipinski definition) is 6. The Balaban J connectivity index is 1.84. The van der Waals surface area contributed by atoms with Crippen LogP contribution in [0, 0.1) is 0 Å². The minimum Gasteiger partial charge on any atom is -0.367 e. The highest BCUT2D eigenvalue weighted by Gasteiger charge is 2.27. The Morgan fingerprint density at radius 1 is 1.35 bits per heavy atom. The van der Waals surface area contributed by atoms with E-state index in [4.69, 9.17) is 15.0 Å². The standard InChI is InChI=1S/C14H26N4O2/c1-11(2)18-8-9-19-12(10-18)14-16-13(20-17-14)6-4-3-5-7-15/h11-12H,3-10,15H2,1-2H3. The number of aryl methyl sites for hydroxylation is 1. The minimum atomic E-state index is -0.0623. The molecule has 1 unspecified atom stereocenters. The van der Waals surface area contributed by atoms with Gasteiger partial charge in [-0.3, -0.25) is 4.90 Å². The maximum Gasteiger partial charge on any atom is 0.226 e. The molecule has 6 nitrogen and oxygen atoms in total. The largest absolute Gasteiger partial charge is 0.367 e. The smallest absolute Gasteiger partial charge is 0.226 e. The number of unbranched alkanes of at least 4 members (excludes halogenated alkanes) is 2. The molecule has 2 N–H and O–H groups in total. The number of morpholine rings is 1. The second-order valence-electron chi connectivity index (χ2n) is 5.59. The van der Waals surface area contributed by atoms with Crippen molar-refractivity contribution in [1.82, 2.24) is 15.0 Å². The molecule has 0 aromatic carbocycles. The Morgan fingerprint density at radius 2 is 2.20 bits per heavy atom. The first-order chi connectivity index (χ1) is 9.70. The van der Waals surface area contributed by atoms with Gasteiger partial charge in [0.15, 0.2) is 0 Å². The molecule has 1 aliphatic rings. The SMILES string of the molecule is CC(C)N1CCOC(c2noc(CCCCCN)n2)C1. The van der Waals surface area contributed by atoms with Gasteiger partial charge in [0.1, 0.15) is 6.10 Å². The fourth-order valence-corrected chi connectivity index (χ4v) is 2.39. The van der Waals surface area contributed by atoms with Crippen molar-refractivity contribution in [2.24, 2.45) is 5.73 Å². The lowest BCUT2D eigenvalue weighted by molar-refractivity contribution is -0.0450. The van der Waals surface area contributed by atoms with E-state index < -0.39 is 0 Å². The number of hydrogen-bond donors (Lipinski definition) is 1. The van der Waals surface area contributed by atoms with Crippen LogP contribution in [0.15, 0.2) is 4.52 Å². The van der Waals surface area contributed by atoms with Crippen molar-refractivity contribution < 1.29 is 9.26 Å². The average Bonchev–Trinajstić information content (AvgIpc) is 2.92. The molecule has 1 atom stereocenters. The molecule has 20 heavy (non-hydrogen) atoms. The van der Waals surface area contributed by atoms with Crippen molar-refractivity contribution >= 4 is 0 Å². The van der Waals surface area contributed by atoms with Gasteiger partial charge < -0.3 is 15.0 Å². The number of aromatic nitrogens is 2. The van der Waals surface area contributed by atoms with E-state index in [9.17, 15) is 0 Å². The van der Waals surface area contributed by atoms with Crippen LogP contribution in [0.3, 0.4) is 0 Å². The van der Waals surface area contributed by atoms with E-state index in [-0.39, 0.29) is 6.10 Å². The van der Waals surface area contributed by atoms with Crippen LogP contribution in [0.1, 0.15) is 50.9 Å². The lowest BCUT2D eigenvalue weighted by atomic mass is 10.2. The van der Waals surface area contributed by atoms with Gasteiger partial charge in [-0.2, -0.15) is 4.98 Å². The van der Waals surface area contributed by atoms with Crippen LogP contribution in [0.5, 0.6) is 0 Å². The highest BCUT2D eigenvalue weighted by Crippen LogP contribution is 2.21. The lowest BCUT2D eigenvalue weighted by Crippen LogP contribution is -2.42. The summed E-state index contributed by atoms with van der Waals surface area (Å²) in [5.41, 5.74) is 5.47. The molecule has 1 fully saturated rings. The summed E-state index contributed by atoms with van der Waals surface area (Å²) in [5, 5.41) is 4.07. The van der Waals surface area contributed by atoms with E-state index in [1.54, 1.807) is 0 Å². The molecular weight excluding hydrogens is 256 g/mol. The summed E-state index contributed by atoms with van der Waals surface area (Å²) in [6.07, 6.45) is 3.97. The molecule has 1 saturated heterocycles. The van der Waals surface area contributed by atoms with Gasteiger partial charge in [0.25, 0.3) is 0 Å². The normalized spacial score (nSPS) is 20.7. The number of nitrogens with zero attached hydrogens (tertiary/aromatic N) is 3. The number of rotatable bonds is 7. The van der Waals surface area contributed by atoms with Gasteiger partial charge in [-0.25, -0.2) is 0 Å². The van der Waals surface area contributed by atoms with Crippen LogP contribution in [-0.4, -0.2) is 47.3 Å². The first-order valence-corrected chi connectivity index (χ1v) is 7.59. The molecule has 0 bridgehead atoms. The van der Waals surface area contributed by atoms with E-state index in [0.29, 0.717) is 17.8 Å². The van der Waals surface area contributed by atoms with Crippen molar-refractivity contribution in [3.8, 4) is 0 Å². The summed E-state index contributed by atoms with van der Waals surface area (Å²) in [5.74, 6) is 1.39. The third-order valence-corrected chi connectivity index (χ3v) is 3.69. The van der Waals surface area contributed by atoms with Gasteiger partial charge in [0.05, 0.1) is 6.61 Å². The molecule has 0 spiro atoms. The average molecular weight is 282 g/mol. The molecule has 2 rings (SSSR count). The Bertz CT molecular complexity index is 394. The van der Waals surface area contributed by atoms with Crippen LogP contribution in [-0.2, 0) is 11.2 Å². The van der Waals surface area contributed by atoms with Crippen molar-refractivity contribution in [2.75, 3.05) is 26.2 Å². The maximum absolute atomic E-state index is 5.76. The molecule has 0 amide bonds. The molecule has 1 aromatic heterocycles. The van der Waals surface area contributed by atoms with Crippen LogP contribution < -0.4 is 5.73 Å². The van der Waals surface area contributed by atoms with Gasteiger partial charge >= 0.3 is 0 Å². The Labute approximate surface area is 120 Å². The van der Waals surface area contributed by atoms with E-state index in [2.05, 4.69) is 28.9 Å². The second-order valence-corrected chi connectivity index (χ2v) is 5.59. The molecule has 1 aliphatic heterocycles. The zero-order valence-corrected chi connectivity index (χ0v) is 12.5. The number of ether oxygens (including phenoxy) is 1. The molecule has 0 radical (unpaired) electrons. The van der Waals surface area contributed by atoms with E-state index in [1.807, 2.05) is 0 Å². The van der Waals surface area contributed by atoms with Gasteiger partial charge in [-0.15, -0.1) is 0 Å². The van der Waals surface area contributed by atoms with Gasteiger partial charge in [-0.1, -0.05) is 11.6 Å². The number of nitrogens with two attached hydrogens (primary N) is 1. The quantitative estimate of drug-likeness (QED) is 0.764. The summed E-state index contributed by atoms with van der Waals surface area (Å²) in [6, 6.07) is 0.518. The molecule has 2 heterocycles. The van der Waals surface area contributed by atoms with Crippen LogP contribution in [0.25, 0.3) is 0 Å². The minimum absolute atomic E-state index is 0.0623. The summed E-state index contributed by atoms with van der Waals surface area (Å²) in [6.45, 7) is 7.67. The van der Waals surface area contributed by atoms with Crippen LogP contribution in [0.4, 0.5) is 0 Å². The molecule has 0 aliphatic carbocycles. The van der Waals surface area contributed by atoms with E-state index >= 15 is 0 Å². The van der Waals surface area contributed by atoms with Crippen molar-refractivity contribution in [3.05, 3.63) is 11.7 Å². The van der Waals surface area contributed by atoms with E-state index in [1.165, 1.54) is 0 Å². The summed E-state index contributed by atoms with van der Waals surface area (Å²) < 4.78 is 11.1. The topological polar surface area (TPSA) is 77.4 Å². The second kappa shape index (κ2) is 7.71. The Kier molecular flexibility index (Phi) is 5.94. The molecular formula is C14H26N4O2. The zero-order valence-electron chi connectivity index (χ0n) is 12.5. The first-order valence-electron chi connectivity index (χ1n) is 7.59. The van der Waals surface area contributed by atoms with Crippen LogP contribution >= 0.6 is 0 Å². The first kappa shape index (κ1) is 15.4. The van der Waals surface area contributed by atoms with Crippen molar-refractivity contribution in [2.45, 2.75) is 51.7 Å². The van der Waals surface area contributed by atoms with Crippen molar-refractivity contribution in [3.63, 3.8) is 0 Å². The van der Waals surface area contributed by atoms with Crippen LogP contribution in [0.2, 0.25) is 0 Å². The van der Waals surface area contributed by atoms with Gasteiger partial charge in [0.2, 0.25) is 11.7 Å². The van der Waals surface area contributed by atoms with E-state index in [0.717, 1.165) is 51.9 Å². The molecule has 114 valence electrons. The third kappa shape index (κ3) is 4.26. The molecule has 0 saturated carbocycles. The predicted octanol–water partition coefficient (Wildman–Crippen LogP) is 1.52. The summed E-state index contributed by atoms with van der Waals surface area (Å²) in [4.78, 5) is 6.85. The molecule has 6 heteroatoms. The van der Waals surface area contributed by atoms with Gasteiger partial charge in [-0.05, 0) is 33.2 Å². The lowest BCUT2D eigenvalue weighted by Gasteiger charge is -2.34. The Morgan fingerprint density at radius 3 is 2.95 bits per heavy atom. The van der Waals surface area contributed by atoms with Crippen molar-refractivity contribution in [1.29, 1.82) is 0 Å². The summed E-state index contributed by atoms with van der Waals surface area (Å²) >= 11 is 0. The predicted molar refractivity (Wildman–Crippen MR) is 76.3 cm³/mol. The fraction of sp³-hybridized carbons (Fsp3) is 0.857. The third-order valence-electron chi connectivity index (χ3n) is 3.69. The highest BCUT2D eigenvalue weighted by atomic mass is 16.5. The zero-order chi connectivity index (χ0) is 14.4. The monoisotopic (exact) mass is 282 g/mol. The fourth-order valence-electron chi connectivity index (χ4n) is 2.39. The van der Waals surface area contributed by atoms with Gasteiger partial charge in [0, 0.05) is 25.6 Å².